The maximum atomic E-state index is 12.9. The molecule has 0 bridgehead atoms. The van der Waals surface area contributed by atoms with Crippen LogP contribution in [0.2, 0.25) is 0 Å². The molecule has 28 heavy (non-hydrogen) atoms. The standard InChI is InChI=1S/C23H19N3O2/c1-15-12-16-6-2-4-8-19(16)26(15)22(27)11-10-18-14-24-25-23(18)21-13-17-7-3-5-9-20(17)28-21/h2-11,13-15H,12H2,1H3,(H,24,25). The number of rotatable bonds is 3. The highest BCUT2D eigenvalue weighted by atomic mass is 16.3. The van der Waals surface area contributed by atoms with Crippen molar-refractivity contribution in [3.05, 3.63) is 78.0 Å². The summed E-state index contributed by atoms with van der Waals surface area (Å²) >= 11 is 0. The van der Waals surface area contributed by atoms with Gasteiger partial charge in [0.15, 0.2) is 5.76 Å². The number of amides is 1. The second kappa shape index (κ2) is 6.53. The molecule has 1 unspecified atom stereocenters. The van der Waals surface area contributed by atoms with Crippen molar-refractivity contribution in [2.24, 2.45) is 0 Å². The summed E-state index contributed by atoms with van der Waals surface area (Å²) in [4.78, 5) is 14.7. The molecule has 2 aromatic carbocycles. The van der Waals surface area contributed by atoms with Gasteiger partial charge in [-0.2, -0.15) is 5.10 Å². The Kier molecular flexibility index (Phi) is 3.86. The molecule has 3 heterocycles. The van der Waals surface area contributed by atoms with Crippen LogP contribution >= 0.6 is 0 Å². The van der Waals surface area contributed by atoms with E-state index in [4.69, 9.17) is 4.42 Å². The molecular formula is C23H19N3O2. The maximum absolute atomic E-state index is 12.9. The minimum atomic E-state index is -0.0331. The fourth-order valence-corrected chi connectivity index (χ4v) is 3.87. The van der Waals surface area contributed by atoms with Gasteiger partial charge in [0.2, 0.25) is 0 Å². The smallest absolute Gasteiger partial charge is 0.251 e. The van der Waals surface area contributed by atoms with Gasteiger partial charge >= 0.3 is 0 Å². The van der Waals surface area contributed by atoms with Crippen LogP contribution < -0.4 is 4.90 Å². The highest BCUT2D eigenvalue weighted by molar-refractivity contribution is 6.06. The molecule has 5 nitrogen and oxygen atoms in total. The number of anilines is 1. The molecule has 5 heteroatoms. The van der Waals surface area contributed by atoms with Crippen molar-refractivity contribution >= 4 is 28.6 Å². The number of aromatic nitrogens is 2. The van der Waals surface area contributed by atoms with E-state index in [9.17, 15) is 4.79 Å². The number of benzene rings is 2. The van der Waals surface area contributed by atoms with E-state index < -0.39 is 0 Å². The normalized spacial score (nSPS) is 16.2. The average molecular weight is 369 g/mol. The number of hydrogen-bond acceptors (Lipinski definition) is 3. The van der Waals surface area contributed by atoms with E-state index in [2.05, 4.69) is 23.2 Å². The van der Waals surface area contributed by atoms with Gasteiger partial charge in [-0.1, -0.05) is 36.4 Å². The van der Waals surface area contributed by atoms with Gasteiger partial charge in [0.25, 0.3) is 5.91 Å². The summed E-state index contributed by atoms with van der Waals surface area (Å²) in [6, 6.07) is 18.0. The number of nitrogens with one attached hydrogen (secondary N) is 1. The maximum Gasteiger partial charge on any atom is 0.251 e. The van der Waals surface area contributed by atoms with Crippen molar-refractivity contribution < 1.29 is 9.21 Å². The Morgan fingerprint density at radius 3 is 2.93 bits per heavy atom. The topological polar surface area (TPSA) is 62.1 Å². The monoisotopic (exact) mass is 369 g/mol. The molecule has 0 aliphatic carbocycles. The molecule has 5 rings (SSSR count). The Hall–Kier alpha value is -3.60. The van der Waals surface area contributed by atoms with Gasteiger partial charge in [0, 0.05) is 28.8 Å². The van der Waals surface area contributed by atoms with E-state index in [0.29, 0.717) is 5.76 Å². The third-order valence-corrected chi connectivity index (χ3v) is 5.19. The number of para-hydroxylation sites is 2. The van der Waals surface area contributed by atoms with Crippen LogP contribution in [0.5, 0.6) is 0 Å². The first kappa shape index (κ1) is 16.6. The molecule has 4 aromatic rings. The molecule has 1 N–H and O–H groups in total. The number of carbonyl (C=O) groups excluding carboxylic acids is 1. The van der Waals surface area contributed by atoms with E-state index in [1.165, 1.54) is 5.56 Å². The molecule has 2 aromatic heterocycles. The van der Waals surface area contributed by atoms with E-state index in [1.807, 2.05) is 53.4 Å². The summed E-state index contributed by atoms with van der Waals surface area (Å²) in [6.45, 7) is 2.07. The Morgan fingerprint density at radius 2 is 2.04 bits per heavy atom. The Labute approximate surface area is 162 Å². The summed E-state index contributed by atoms with van der Waals surface area (Å²) in [7, 11) is 0. The van der Waals surface area contributed by atoms with Crippen molar-refractivity contribution in [1.29, 1.82) is 0 Å². The highest BCUT2D eigenvalue weighted by Crippen LogP contribution is 2.32. The van der Waals surface area contributed by atoms with Gasteiger partial charge in [0.05, 0.1) is 6.20 Å². The molecule has 1 aliphatic rings. The van der Waals surface area contributed by atoms with Crippen LogP contribution in [0.25, 0.3) is 28.5 Å². The third kappa shape index (κ3) is 2.72. The number of furan rings is 1. The van der Waals surface area contributed by atoms with E-state index >= 15 is 0 Å². The number of aromatic amines is 1. The van der Waals surface area contributed by atoms with E-state index in [1.54, 1.807) is 18.3 Å². The molecule has 0 saturated heterocycles. The molecule has 0 radical (unpaired) electrons. The Morgan fingerprint density at radius 1 is 1.21 bits per heavy atom. The number of hydrogen-bond donors (Lipinski definition) is 1. The molecule has 0 saturated carbocycles. The molecule has 1 amide bonds. The SMILES string of the molecule is CC1Cc2ccccc2N1C(=O)C=Cc1cn[nH]c1-c1cc2ccccc2o1. The zero-order valence-corrected chi connectivity index (χ0v) is 15.4. The van der Waals surface area contributed by atoms with Gasteiger partial charge < -0.3 is 9.32 Å². The van der Waals surface area contributed by atoms with Crippen molar-refractivity contribution in [3.8, 4) is 11.5 Å². The molecule has 0 fully saturated rings. The lowest BCUT2D eigenvalue weighted by Crippen LogP contribution is -2.34. The fourth-order valence-electron chi connectivity index (χ4n) is 3.87. The first-order valence-corrected chi connectivity index (χ1v) is 9.32. The predicted molar refractivity (Wildman–Crippen MR) is 110 cm³/mol. The summed E-state index contributed by atoms with van der Waals surface area (Å²) in [5.74, 6) is 0.667. The third-order valence-electron chi connectivity index (χ3n) is 5.19. The summed E-state index contributed by atoms with van der Waals surface area (Å²) in [6.07, 6.45) is 5.98. The van der Waals surface area contributed by atoms with Crippen molar-refractivity contribution in [2.75, 3.05) is 4.90 Å². The van der Waals surface area contributed by atoms with Crippen LogP contribution in [0, 0.1) is 0 Å². The quantitative estimate of drug-likeness (QED) is 0.527. The minimum absolute atomic E-state index is 0.0331. The van der Waals surface area contributed by atoms with Crippen molar-refractivity contribution in [2.45, 2.75) is 19.4 Å². The average Bonchev–Trinajstić information content (AvgIpc) is 3.41. The molecular weight excluding hydrogens is 350 g/mol. The van der Waals surface area contributed by atoms with Crippen LogP contribution in [0.4, 0.5) is 5.69 Å². The number of fused-ring (bicyclic) bond motifs is 2. The fraction of sp³-hybridized carbons (Fsp3) is 0.130. The van der Waals surface area contributed by atoms with Gasteiger partial charge in [0.1, 0.15) is 11.3 Å². The molecule has 1 aliphatic heterocycles. The summed E-state index contributed by atoms with van der Waals surface area (Å²) in [5, 5.41) is 8.14. The van der Waals surface area contributed by atoms with E-state index in [0.717, 1.165) is 34.3 Å². The largest absolute Gasteiger partial charge is 0.454 e. The Bertz CT molecular complexity index is 1170. The number of carbonyl (C=O) groups is 1. The van der Waals surface area contributed by atoms with E-state index in [-0.39, 0.29) is 11.9 Å². The summed E-state index contributed by atoms with van der Waals surface area (Å²) < 4.78 is 5.92. The van der Waals surface area contributed by atoms with Crippen molar-refractivity contribution in [3.63, 3.8) is 0 Å². The van der Waals surface area contributed by atoms with Crippen LogP contribution in [-0.4, -0.2) is 22.1 Å². The lowest BCUT2D eigenvalue weighted by molar-refractivity contribution is -0.114. The zero-order valence-electron chi connectivity index (χ0n) is 15.4. The second-order valence-electron chi connectivity index (χ2n) is 7.07. The number of nitrogens with zero attached hydrogens (tertiary/aromatic N) is 2. The first-order chi connectivity index (χ1) is 13.7. The second-order valence-corrected chi connectivity index (χ2v) is 7.07. The Balaban J connectivity index is 1.44. The van der Waals surface area contributed by atoms with Crippen LogP contribution in [-0.2, 0) is 11.2 Å². The van der Waals surface area contributed by atoms with Crippen LogP contribution in [0.3, 0.4) is 0 Å². The molecule has 0 spiro atoms. The minimum Gasteiger partial charge on any atom is -0.454 e. The van der Waals surface area contributed by atoms with Crippen molar-refractivity contribution in [1.82, 2.24) is 10.2 Å². The molecule has 138 valence electrons. The van der Waals surface area contributed by atoms with Crippen LogP contribution in [0.1, 0.15) is 18.1 Å². The van der Waals surface area contributed by atoms with Gasteiger partial charge in [-0.3, -0.25) is 9.89 Å². The highest BCUT2D eigenvalue weighted by Gasteiger charge is 2.29. The first-order valence-electron chi connectivity index (χ1n) is 9.32. The van der Waals surface area contributed by atoms with Crippen LogP contribution in [0.15, 0.2) is 71.3 Å². The van der Waals surface area contributed by atoms with Gasteiger partial charge in [-0.15, -0.1) is 0 Å². The number of H-pyrrole nitrogens is 1. The van der Waals surface area contributed by atoms with Gasteiger partial charge in [-0.25, -0.2) is 0 Å². The van der Waals surface area contributed by atoms with Gasteiger partial charge in [-0.05, 0) is 43.2 Å². The lowest BCUT2D eigenvalue weighted by atomic mass is 10.1. The predicted octanol–water partition coefficient (Wildman–Crippen LogP) is 4.81. The zero-order chi connectivity index (χ0) is 19.1. The molecule has 1 atom stereocenters. The lowest BCUT2D eigenvalue weighted by Gasteiger charge is -2.20. The summed E-state index contributed by atoms with van der Waals surface area (Å²) in [5.41, 5.74) is 4.60.